The van der Waals surface area contributed by atoms with Gasteiger partial charge in [0.1, 0.15) is 10.6 Å². The molecule has 0 spiro atoms. The third kappa shape index (κ3) is 2.51. The molecule has 0 radical (unpaired) electrons. The van der Waals surface area contributed by atoms with Crippen molar-refractivity contribution in [1.82, 2.24) is 9.97 Å². The molecule has 2 unspecified atom stereocenters. The highest BCUT2D eigenvalue weighted by molar-refractivity contribution is 8.00. The third-order valence-corrected chi connectivity index (χ3v) is 6.58. The van der Waals surface area contributed by atoms with E-state index in [0.29, 0.717) is 16.6 Å². The number of anilines is 1. The molecule has 3 nitrogen and oxygen atoms in total. The predicted molar refractivity (Wildman–Crippen MR) is 90.5 cm³/mol. The molecular weight excluding hydrogens is 310 g/mol. The fraction of sp³-hybridized carbons (Fsp3) is 0.571. The van der Waals surface area contributed by atoms with Crippen molar-refractivity contribution in [3.05, 3.63) is 16.2 Å². The van der Waals surface area contributed by atoms with Gasteiger partial charge in [0.25, 0.3) is 0 Å². The van der Waals surface area contributed by atoms with Crippen molar-refractivity contribution >= 4 is 50.7 Å². The van der Waals surface area contributed by atoms with Gasteiger partial charge >= 0.3 is 0 Å². The van der Waals surface area contributed by atoms with Crippen LogP contribution in [-0.4, -0.2) is 33.6 Å². The number of rotatable bonds is 2. The smallest absolute Gasteiger partial charge is 0.225 e. The fourth-order valence-corrected chi connectivity index (χ4v) is 4.83. The zero-order valence-electron chi connectivity index (χ0n) is 11.9. The first-order valence-electron chi connectivity index (χ1n) is 6.94. The number of thiophene rings is 1. The van der Waals surface area contributed by atoms with Gasteiger partial charge in [0, 0.05) is 28.5 Å². The summed E-state index contributed by atoms with van der Waals surface area (Å²) in [7, 11) is 0. The highest BCUT2D eigenvalue weighted by atomic mass is 35.5. The summed E-state index contributed by atoms with van der Waals surface area (Å²) in [6.45, 7) is 7.75. The van der Waals surface area contributed by atoms with Gasteiger partial charge in [-0.3, -0.25) is 0 Å². The zero-order chi connectivity index (χ0) is 14.3. The van der Waals surface area contributed by atoms with Crippen molar-refractivity contribution in [1.29, 1.82) is 0 Å². The average molecular weight is 328 g/mol. The molecule has 1 aliphatic rings. The van der Waals surface area contributed by atoms with Crippen molar-refractivity contribution in [3.8, 4) is 0 Å². The molecule has 3 heterocycles. The van der Waals surface area contributed by atoms with Crippen LogP contribution in [0.3, 0.4) is 0 Å². The van der Waals surface area contributed by atoms with Crippen LogP contribution >= 0.6 is 34.7 Å². The highest BCUT2D eigenvalue weighted by Gasteiger charge is 2.28. The van der Waals surface area contributed by atoms with Crippen LogP contribution < -0.4 is 4.90 Å². The minimum absolute atomic E-state index is 0.357. The Hall–Kier alpha value is -0.520. The molecule has 108 valence electrons. The molecular formula is C14H18ClN3S2. The third-order valence-electron chi connectivity index (χ3n) is 3.90. The van der Waals surface area contributed by atoms with Crippen LogP contribution in [0, 0.1) is 0 Å². The summed E-state index contributed by atoms with van der Waals surface area (Å²) in [4.78, 5) is 13.7. The summed E-state index contributed by atoms with van der Waals surface area (Å²) in [6, 6.07) is 2.69. The molecule has 0 saturated carbocycles. The number of hydrogen-bond donors (Lipinski definition) is 0. The van der Waals surface area contributed by atoms with Gasteiger partial charge < -0.3 is 4.90 Å². The van der Waals surface area contributed by atoms with E-state index >= 15 is 0 Å². The van der Waals surface area contributed by atoms with Gasteiger partial charge in [-0.2, -0.15) is 16.7 Å². The Kier molecular flexibility index (Phi) is 4.11. The zero-order valence-corrected chi connectivity index (χ0v) is 14.3. The highest BCUT2D eigenvalue weighted by Crippen LogP contribution is 2.36. The molecule has 2 atom stereocenters. The molecule has 6 heteroatoms. The lowest BCUT2D eigenvalue weighted by Gasteiger charge is -2.38. The second kappa shape index (κ2) is 5.70. The Balaban J connectivity index is 2.11. The van der Waals surface area contributed by atoms with E-state index in [1.807, 2.05) is 11.8 Å². The maximum Gasteiger partial charge on any atom is 0.225 e. The minimum atomic E-state index is 0.357. The van der Waals surface area contributed by atoms with Gasteiger partial charge in [0.15, 0.2) is 0 Å². The lowest BCUT2D eigenvalue weighted by atomic mass is 10.2. The van der Waals surface area contributed by atoms with Crippen LogP contribution in [0.4, 0.5) is 5.82 Å². The lowest BCUT2D eigenvalue weighted by Crippen LogP contribution is -2.45. The summed E-state index contributed by atoms with van der Waals surface area (Å²) in [6.07, 6.45) is 1.03. The van der Waals surface area contributed by atoms with E-state index < -0.39 is 0 Å². The maximum absolute atomic E-state index is 6.13. The second-order valence-electron chi connectivity index (χ2n) is 5.11. The Bertz CT molecular complexity index is 628. The minimum Gasteiger partial charge on any atom is -0.351 e. The first kappa shape index (κ1) is 14.4. The molecule has 0 amide bonds. The van der Waals surface area contributed by atoms with Gasteiger partial charge in [0.2, 0.25) is 5.28 Å². The first-order chi connectivity index (χ1) is 9.60. The Morgan fingerprint density at radius 3 is 2.95 bits per heavy atom. The summed E-state index contributed by atoms with van der Waals surface area (Å²) in [5.41, 5.74) is 0. The largest absolute Gasteiger partial charge is 0.351 e. The molecule has 2 aromatic rings. The Morgan fingerprint density at radius 2 is 2.20 bits per heavy atom. The van der Waals surface area contributed by atoms with Crippen molar-refractivity contribution in [2.24, 2.45) is 0 Å². The SMILES string of the molecule is CCc1cc2c(N3CCSC(C)C3C)nc(Cl)nc2s1. The molecule has 0 aliphatic carbocycles. The van der Waals surface area contributed by atoms with Crippen LogP contribution in [0.2, 0.25) is 5.28 Å². The van der Waals surface area contributed by atoms with Crippen molar-refractivity contribution in [3.63, 3.8) is 0 Å². The van der Waals surface area contributed by atoms with Crippen molar-refractivity contribution < 1.29 is 0 Å². The standard InChI is InChI=1S/C14H18ClN3S2/c1-4-10-7-11-12(16-14(15)17-13(11)20-10)18-5-6-19-9(3)8(18)2/h7-9H,4-6H2,1-3H3. The van der Waals surface area contributed by atoms with Gasteiger partial charge in [0.05, 0.1) is 5.39 Å². The Labute approximate surface area is 132 Å². The molecule has 0 bridgehead atoms. The normalized spacial score (nSPS) is 23.5. The fourth-order valence-electron chi connectivity index (χ4n) is 2.56. The number of nitrogens with zero attached hydrogens (tertiary/aromatic N) is 3. The van der Waals surface area contributed by atoms with Crippen LogP contribution in [0.1, 0.15) is 25.6 Å². The van der Waals surface area contributed by atoms with Crippen molar-refractivity contribution in [2.45, 2.75) is 38.5 Å². The quantitative estimate of drug-likeness (QED) is 0.772. The molecule has 1 saturated heterocycles. The van der Waals surface area contributed by atoms with Gasteiger partial charge in [-0.25, -0.2) is 4.98 Å². The summed E-state index contributed by atoms with van der Waals surface area (Å²) < 4.78 is 0. The average Bonchev–Trinajstić information content (AvgIpc) is 2.84. The monoisotopic (exact) mass is 327 g/mol. The molecule has 1 aliphatic heterocycles. The molecule has 1 fully saturated rings. The lowest BCUT2D eigenvalue weighted by molar-refractivity contribution is 0.622. The van der Waals surface area contributed by atoms with Gasteiger partial charge in [-0.1, -0.05) is 13.8 Å². The number of halogens is 1. The number of fused-ring (bicyclic) bond motifs is 1. The predicted octanol–water partition coefficient (Wildman–Crippen LogP) is 4.24. The molecule has 20 heavy (non-hydrogen) atoms. The van der Waals surface area contributed by atoms with E-state index in [1.54, 1.807) is 11.3 Å². The van der Waals surface area contributed by atoms with Crippen LogP contribution in [0.15, 0.2) is 6.07 Å². The number of aryl methyl sites for hydroxylation is 1. The number of aromatic nitrogens is 2. The van der Waals surface area contributed by atoms with Gasteiger partial charge in [-0.05, 0) is 31.0 Å². The van der Waals surface area contributed by atoms with Crippen LogP contribution in [-0.2, 0) is 6.42 Å². The number of hydrogen-bond acceptors (Lipinski definition) is 5. The van der Waals surface area contributed by atoms with Crippen LogP contribution in [0.25, 0.3) is 10.2 Å². The van der Waals surface area contributed by atoms with E-state index in [4.69, 9.17) is 11.6 Å². The Morgan fingerprint density at radius 1 is 1.40 bits per heavy atom. The molecule has 0 aromatic carbocycles. The molecule has 3 rings (SSSR count). The summed E-state index contributed by atoms with van der Waals surface area (Å²) in [5, 5.41) is 2.12. The topological polar surface area (TPSA) is 29.0 Å². The molecule has 0 N–H and O–H groups in total. The van der Waals surface area contributed by atoms with Crippen molar-refractivity contribution in [2.75, 3.05) is 17.2 Å². The van der Waals surface area contributed by atoms with E-state index in [1.165, 1.54) is 4.88 Å². The van der Waals surface area contributed by atoms with E-state index in [-0.39, 0.29) is 0 Å². The summed E-state index contributed by atoms with van der Waals surface area (Å²) >= 11 is 9.88. The van der Waals surface area contributed by atoms with Crippen LogP contribution in [0.5, 0.6) is 0 Å². The van der Waals surface area contributed by atoms with E-state index in [2.05, 4.69) is 41.7 Å². The van der Waals surface area contributed by atoms with Gasteiger partial charge in [-0.15, -0.1) is 11.3 Å². The first-order valence-corrected chi connectivity index (χ1v) is 9.18. The second-order valence-corrected chi connectivity index (χ2v) is 8.05. The van der Waals surface area contributed by atoms with E-state index in [0.717, 1.165) is 34.8 Å². The maximum atomic E-state index is 6.13. The van der Waals surface area contributed by atoms with E-state index in [9.17, 15) is 0 Å². The number of thioether (sulfide) groups is 1. The molecule has 2 aromatic heterocycles. The summed E-state index contributed by atoms with van der Waals surface area (Å²) in [5.74, 6) is 2.15.